The first kappa shape index (κ1) is 16.8. The van der Waals surface area contributed by atoms with Gasteiger partial charge in [0.25, 0.3) is 0 Å². The summed E-state index contributed by atoms with van der Waals surface area (Å²) in [7, 11) is 0. The van der Waals surface area contributed by atoms with Crippen LogP contribution >= 0.6 is 11.8 Å². The molecule has 4 nitrogen and oxygen atoms in total. The Bertz CT molecular complexity index is 516. The van der Waals surface area contributed by atoms with Gasteiger partial charge in [-0.25, -0.2) is 4.99 Å². The van der Waals surface area contributed by atoms with Crippen LogP contribution in [0.5, 0.6) is 5.75 Å². The fourth-order valence-electron chi connectivity index (χ4n) is 1.98. The highest BCUT2D eigenvalue weighted by Gasteiger charge is 2.30. The third-order valence-electron chi connectivity index (χ3n) is 3.13. The molecule has 1 heterocycles. The van der Waals surface area contributed by atoms with E-state index in [4.69, 9.17) is 10.5 Å². The third kappa shape index (κ3) is 5.01. The molecule has 8 heteroatoms. The van der Waals surface area contributed by atoms with Gasteiger partial charge < -0.3 is 15.4 Å². The number of guanidine groups is 1. The summed E-state index contributed by atoms with van der Waals surface area (Å²) in [6.45, 7) is 2.24. The fourth-order valence-corrected chi connectivity index (χ4v) is 2.88. The van der Waals surface area contributed by atoms with Crippen molar-refractivity contribution in [1.29, 1.82) is 0 Å². The lowest BCUT2D eigenvalue weighted by molar-refractivity contribution is -0.137. The van der Waals surface area contributed by atoms with Crippen LogP contribution < -0.4 is 10.5 Å². The van der Waals surface area contributed by atoms with Gasteiger partial charge in [0.1, 0.15) is 12.4 Å². The van der Waals surface area contributed by atoms with Crippen LogP contribution in [0.2, 0.25) is 0 Å². The average molecular weight is 333 g/mol. The second kappa shape index (κ2) is 7.62. The minimum atomic E-state index is -4.37. The lowest BCUT2D eigenvalue weighted by atomic mass is 10.2. The molecule has 2 N–H and O–H groups in total. The number of nitrogens with zero attached hydrogens (tertiary/aromatic N) is 2. The topological polar surface area (TPSA) is 50.9 Å². The van der Waals surface area contributed by atoms with Gasteiger partial charge in [-0.05, 0) is 18.2 Å². The average Bonchev–Trinajstić information content (AvgIpc) is 2.52. The van der Waals surface area contributed by atoms with E-state index in [1.54, 1.807) is 0 Å². The van der Waals surface area contributed by atoms with E-state index in [0.29, 0.717) is 12.5 Å². The predicted octanol–water partition coefficient (Wildman–Crippen LogP) is 2.45. The van der Waals surface area contributed by atoms with Crippen molar-refractivity contribution in [3.05, 3.63) is 29.8 Å². The summed E-state index contributed by atoms with van der Waals surface area (Å²) in [5, 5.41) is 0. The van der Waals surface area contributed by atoms with Crippen molar-refractivity contribution < 1.29 is 17.9 Å². The molecule has 1 saturated heterocycles. The summed E-state index contributed by atoms with van der Waals surface area (Å²) < 4.78 is 43.0. The summed E-state index contributed by atoms with van der Waals surface area (Å²) in [5.74, 6) is 2.69. The van der Waals surface area contributed by atoms with Crippen LogP contribution in [0.15, 0.2) is 29.3 Å². The number of alkyl halides is 3. The fraction of sp³-hybridized carbons (Fsp3) is 0.500. The third-order valence-corrected chi connectivity index (χ3v) is 4.07. The highest BCUT2D eigenvalue weighted by molar-refractivity contribution is 7.99. The monoisotopic (exact) mass is 333 g/mol. The lowest BCUT2D eigenvalue weighted by Crippen LogP contribution is -2.42. The van der Waals surface area contributed by atoms with E-state index < -0.39 is 11.7 Å². The van der Waals surface area contributed by atoms with Crippen LogP contribution in [0, 0.1) is 0 Å². The van der Waals surface area contributed by atoms with Crippen molar-refractivity contribution in [3.63, 3.8) is 0 Å². The van der Waals surface area contributed by atoms with Gasteiger partial charge in [0.15, 0.2) is 5.96 Å². The van der Waals surface area contributed by atoms with Gasteiger partial charge in [-0.2, -0.15) is 24.9 Å². The molecule has 1 fully saturated rings. The Labute approximate surface area is 131 Å². The second-order valence-corrected chi connectivity index (χ2v) is 5.94. The van der Waals surface area contributed by atoms with Gasteiger partial charge in [-0.15, -0.1) is 0 Å². The SMILES string of the molecule is NC(=NCCOc1cccc(C(F)(F)F)c1)N1CCSCC1. The highest BCUT2D eigenvalue weighted by atomic mass is 32.2. The van der Waals surface area contributed by atoms with Crippen LogP contribution in [-0.4, -0.2) is 48.6 Å². The number of ether oxygens (including phenoxy) is 1. The molecule has 0 radical (unpaired) electrons. The Morgan fingerprint density at radius 2 is 2.05 bits per heavy atom. The lowest BCUT2D eigenvalue weighted by Gasteiger charge is -2.27. The summed E-state index contributed by atoms with van der Waals surface area (Å²) in [6.07, 6.45) is -4.37. The molecule has 0 aromatic heterocycles. The minimum absolute atomic E-state index is 0.179. The normalized spacial score (nSPS) is 16.7. The molecular formula is C14H18F3N3OS. The molecule has 2 rings (SSSR count). The largest absolute Gasteiger partial charge is 0.492 e. The van der Waals surface area contributed by atoms with Crippen LogP contribution in [0.25, 0.3) is 0 Å². The Balaban J connectivity index is 1.81. The van der Waals surface area contributed by atoms with Crippen LogP contribution in [0.4, 0.5) is 13.2 Å². The molecule has 0 saturated carbocycles. The predicted molar refractivity (Wildman–Crippen MR) is 82.3 cm³/mol. The van der Waals surface area contributed by atoms with Gasteiger partial charge in [0.05, 0.1) is 12.1 Å². The maximum Gasteiger partial charge on any atom is 0.416 e. The number of hydrogen-bond donors (Lipinski definition) is 1. The number of halogens is 3. The summed E-state index contributed by atoms with van der Waals surface area (Å²) in [5.41, 5.74) is 5.15. The van der Waals surface area contributed by atoms with Gasteiger partial charge in [0.2, 0.25) is 0 Å². The summed E-state index contributed by atoms with van der Waals surface area (Å²) in [6, 6.07) is 4.80. The Kier molecular flexibility index (Phi) is 5.82. The molecule has 0 atom stereocenters. The van der Waals surface area contributed by atoms with Crippen molar-refractivity contribution in [2.75, 3.05) is 37.7 Å². The Morgan fingerprint density at radius 3 is 2.73 bits per heavy atom. The Morgan fingerprint density at radius 1 is 1.32 bits per heavy atom. The summed E-state index contributed by atoms with van der Waals surface area (Å²) in [4.78, 5) is 6.20. The van der Waals surface area contributed by atoms with Gasteiger partial charge in [0, 0.05) is 24.6 Å². The van der Waals surface area contributed by atoms with Gasteiger partial charge in [-0.3, -0.25) is 0 Å². The summed E-state index contributed by atoms with van der Waals surface area (Å²) >= 11 is 1.88. The smallest absolute Gasteiger partial charge is 0.416 e. The molecular weight excluding hydrogens is 315 g/mol. The van der Waals surface area contributed by atoms with Crippen LogP contribution in [0.3, 0.4) is 0 Å². The molecule has 22 heavy (non-hydrogen) atoms. The standard InChI is InChI=1S/C14H18F3N3OS/c15-14(16,17)11-2-1-3-12(10-11)21-7-4-19-13(18)20-5-8-22-9-6-20/h1-3,10H,4-9H2,(H2,18,19). The molecule has 1 aromatic carbocycles. The number of nitrogens with two attached hydrogens (primary N) is 1. The van der Waals surface area contributed by atoms with Gasteiger partial charge >= 0.3 is 6.18 Å². The number of benzene rings is 1. The van der Waals surface area contributed by atoms with E-state index >= 15 is 0 Å². The maximum atomic E-state index is 12.6. The molecule has 1 aromatic rings. The van der Waals surface area contributed by atoms with Crippen LogP contribution in [-0.2, 0) is 6.18 Å². The molecule has 0 bridgehead atoms. The van der Waals surface area contributed by atoms with Crippen molar-refractivity contribution >= 4 is 17.7 Å². The van der Waals surface area contributed by atoms with E-state index in [2.05, 4.69) is 4.99 Å². The minimum Gasteiger partial charge on any atom is -0.492 e. The molecule has 0 amide bonds. The number of thioether (sulfide) groups is 1. The first-order chi connectivity index (χ1) is 10.5. The van der Waals surface area contributed by atoms with E-state index in [1.807, 2.05) is 16.7 Å². The number of hydrogen-bond acceptors (Lipinski definition) is 3. The van der Waals surface area contributed by atoms with Crippen molar-refractivity contribution in [1.82, 2.24) is 4.90 Å². The zero-order chi connectivity index (χ0) is 16.0. The number of rotatable bonds is 4. The quantitative estimate of drug-likeness (QED) is 0.522. The maximum absolute atomic E-state index is 12.6. The van der Waals surface area contributed by atoms with Crippen molar-refractivity contribution in [3.8, 4) is 5.75 Å². The molecule has 122 valence electrons. The first-order valence-electron chi connectivity index (χ1n) is 6.89. The molecule has 1 aliphatic rings. The molecule has 0 spiro atoms. The van der Waals surface area contributed by atoms with Gasteiger partial charge in [-0.1, -0.05) is 6.07 Å². The van der Waals surface area contributed by atoms with Crippen molar-refractivity contribution in [2.24, 2.45) is 10.7 Å². The van der Waals surface area contributed by atoms with E-state index in [-0.39, 0.29) is 12.4 Å². The zero-order valence-corrected chi connectivity index (χ0v) is 12.8. The van der Waals surface area contributed by atoms with E-state index in [0.717, 1.165) is 36.7 Å². The number of aliphatic imine (C=N–C) groups is 1. The second-order valence-electron chi connectivity index (χ2n) is 4.71. The molecule has 0 unspecified atom stereocenters. The van der Waals surface area contributed by atoms with Crippen molar-refractivity contribution in [2.45, 2.75) is 6.18 Å². The molecule has 0 aliphatic carbocycles. The van der Waals surface area contributed by atoms with Crippen LogP contribution in [0.1, 0.15) is 5.56 Å². The van der Waals surface area contributed by atoms with E-state index in [9.17, 15) is 13.2 Å². The highest BCUT2D eigenvalue weighted by Crippen LogP contribution is 2.31. The Hall–Kier alpha value is -1.57. The zero-order valence-electron chi connectivity index (χ0n) is 12.0. The first-order valence-corrected chi connectivity index (χ1v) is 8.05. The molecule has 1 aliphatic heterocycles. The van der Waals surface area contributed by atoms with E-state index in [1.165, 1.54) is 12.1 Å².